The number of aryl methyl sites for hydroxylation is 1. The molecule has 0 aliphatic rings. The summed E-state index contributed by atoms with van der Waals surface area (Å²) in [6, 6.07) is 22.0. The van der Waals surface area contributed by atoms with Crippen LogP contribution in [-0.2, 0) is 0 Å². The lowest BCUT2D eigenvalue weighted by Gasteiger charge is -2.09. The van der Waals surface area contributed by atoms with Gasteiger partial charge in [0.15, 0.2) is 5.69 Å². The Morgan fingerprint density at radius 2 is 1.73 bits per heavy atom. The van der Waals surface area contributed by atoms with E-state index in [-0.39, 0.29) is 11.4 Å². The van der Waals surface area contributed by atoms with Crippen molar-refractivity contribution in [2.45, 2.75) is 6.92 Å². The average Bonchev–Trinajstić information content (AvgIpc) is 3.24. The second-order valence-electron chi connectivity index (χ2n) is 6.88. The van der Waals surface area contributed by atoms with E-state index in [1.807, 2.05) is 61.5 Å². The predicted molar refractivity (Wildman–Crippen MR) is 116 cm³/mol. The summed E-state index contributed by atoms with van der Waals surface area (Å²) < 4.78 is 6.89. The van der Waals surface area contributed by atoms with E-state index in [9.17, 15) is 4.79 Å². The van der Waals surface area contributed by atoms with Crippen LogP contribution >= 0.6 is 11.6 Å². The van der Waals surface area contributed by atoms with Gasteiger partial charge < -0.3 is 4.52 Å². The van der Waals surface area contributed by atoms with Gasteiger partial charge in [-0.25, -0.2) is 0 Å². The van der Waals surface area contributed by atoms with Gasteiger partial charge in [-0.05, 0) is 42.8 Å². The summed E-state index contributed by atoms with van der Waals surface area (Å²) in [5.41, 5.74) is 2.65. The smallest absolute Gasteiger partial charge is 0.279 e. The van der Waals surface area contributed by atoms with E-state index in [2.05, 4.69) is 15.2 Å². The molecule has 2 heterocycles. The summed E-state index contributed by atoms with van der Waals surface area (Å²) in [4.78, 5) is 17.6. The maximum Gasteiger partial charge on any atom is 0.279 e. The van der Waals surface area contributed by atoms with Gasteiger partial charge in [-0.3, -0.25) is 4.79 Å². The molecule has 0 unspecified atom stereocenters. The zero-order chi connectivity index (χ0) is 20.7. The molecule has 0 atom stereocenters. The van der Waals surface area contributed by atoms with Crippen molar-refractivity contribution >= 4 is 22.4 Å². The molecule has 0 radical (unpaired) electrons. The molecule has 0 fully saturated rings. The molecular weight excluding hydrogens is 400 g/mol. The molecule has 0 aliphatic heterocycles. The van der Waals surface area contributed by atoms with Crippen LogP contribution in [0.4, 0.5) is 0 Å². The fraction of sp³-hybridized carbons (Fsp3) is 0.0435. The van der Waals surface area contributed by atoms with Crippen LogP contribution in [0.25, 0.3) is 39.4 Å². The molecule has 5 rings (SSSR count). The van der Waals surface area contributed by atoms with E-state index in [4.69, 9.17) is 16.1 Å². The fourth-order valence-electron chi connectivity index (χ4n) is 3.35. The number of halogens is 1. The lowest BCUT2D eigenvalue weighted by molar-refractivity contribution is 0.430. The number of rotatable bonds is 3. The maximum atomic E-state index is 13.1. The topological polar surface area (TPSA) is 73.8 Å². The minimum Gasteiger partial charge on any atom is -0.332 e. The number of aromatic nitrogens is 4. The molecule has 7 heteroatoms. The van der Waals surface area contributed by atoms with Gasteiger partial charge in [0.1, 0.15) is 0 Å². The zero-order valence-corrected chi connectivity index (χ0v) is 16.7. The molecule has 0 N–H and O–H groups in total. The summed E-state index contributed by atoms with van der Waals surface area (Å²) in [6.45, 7) is 1.96. The van der Waals surface area contributed by atoms with Crippen molar-refractivity contribution in [1.82, 2.24) is 19.9 Å². The lowest BCUT2D eigenvalue weighted by Crippen LogP contribution is -2.22. The largest absolute Gasteiger partial charge is 0.332 e. The lowest BCUT2D eigenvalue weighted by atomic mass is 10.1. The van der Waals surface area contributed by atoms with Gasteiger partial charge in [0.2, 0.25) is 5.82 Å². The Morgan fingerprint density at radius 3 is 2.53 bits per heavy atom. The van der Waals surface area contributed by atoms with E-state index < -0.39 is 0 Å². The molecule has 0 saturated carbocycles. The quantitative estimate of drug-likeness (QED) is 0.412. The van der Waals surface area contributed by atoms with E-state index >= 15 is 0 Å². The first-order valence-electron chi connectivity index (χ1n) is 9.29. The Kier molecular flexibility index (Phi) is 4.41. The van der Waals surface area contributed by atoms with Crippen LogP contribution < -0.4 is 5.56 Å². The highest BCUT2D eigenvalue weighted by atomic mass is 35.5. The van der Waals surface area contributed by atoms with Gasteiger partial charge in [0.25, 0.3) is 11.4 Å². The molecule has 30 heavy (non-hydrogen) atoms. The maximum absolute atomic E-state index is 13.1. The van der Waals surface area contributed by atoms with E-state index in [0.717, 1.165) is 11.1 Å². The van der Waals surface area contributed by atoms with Gasteiger partial charge >= 0.3 is 0 Å². The number of nitrogens with zero attached hydrogens (tertiary/aromatic N) is 4. The van der Waals surface area contributed by atoms with Gasteiger partial charge in [0.05, 0.1) is 11.1 Å². The van der Waals surface area contributed by atoms with Gasteiger partial charge in [0, 0.05) is 16.0 Å². The highest BCUT2D eigenvalue weighted by Gasteiger charge is 2.19. The summed E-state index contributed by atoms with van der Waals surface area (Å²) in [5, 5.41) is 10.4. The van der Waals surface area contributed by atoms with Gasteiger partial charge in [-0.1, -0.05) is 59.2 Å². The van der Waals surface area contributed by atoms with Crippen LogP contribution in [-0.4, -0.2) is 19.9 Å². The van der Waals surface area contributed by atoms with Crippen molar-refractivity contribution < 1.29 is 4.52 Å². The fourth-order valence-corrected chi connectivity index (χ4v) is 3.54. The second-order valence-corrected chi connectivity index (χ2v) is 7.32. The first-order chi connectivity index (χ1) is 14.6. The van der Waals surface area contributed by atoms with Crippen molar-refractivity contribution in [2.75, 3.05) is 0 Å². The van der Waals surface area contributed by atoms with Crippen molar-refractivity contribution in [3.63, 3.8) is 0 Å². The molecule has 6 nitrogen and oxygen atoms in total. The number of benzene rings is 3. The van der Waals surface area contributed by atoms with E-state index in [1.165, 1.54) is 4.68 Å². The molecule has 146 valence electrons. The monoisotopic (exact) mass is 414 g/mol. The molecule has 2 aromatic heterocycles. The van der Waals surface area contributed by atoms with Crippen LogP contribution in [0.3, 0.4) is 0 Å². The van der Waals surface area contributed by atoms with E-state index in [0.29, 0.717) is 33.0 Å². The zero-order valence-electron chi connectivity index (χ0n) is 15.9. The summed E-state index contributed by atoms with van der Waals surface area (Å²) in [6.07, 6.45) is 0. The Balaban J connectivity index is 1.74. The number of hydrogen-bond donors (Lipinski definition) is 0. The number of hydrogen-bond acceptors (Lipinski definition) is 5. The molecule has 0 spiro atoms. The second kappa shape index (κ2) is 7.24. The predicted octanol–water partition coefficient (Wildman–Crippen LogP) is 5.06. The minimum atomic E-state index is -0.213. The SMILES string of the molecule is Cc1cccc(-n2nc(-c3nc(-c4cccc(Cl)c4)no3)c3ccccc3c2=O)c1. The van der Waals surface area contributed by atoms with E-state index in [1.54, 1.807) is 18.2 Å². The van der Waals surface area contributed by atoms with Crippen LogP contribution in [0.2, 0.25) is 5.02 Å². The first-order valence-corrected chi connectivity index (χ1v) is 9.67. The first kappa shape index (κ1) is 18.3. The molecule has 3 aromatic carbocycles. The van der Waals surface area contributed by atoms with Crippen molar-refractivity contribution in [3.8, 4) is 28.7 Å². The molecule has 0 saturated heterocycles. The normalized spacial score (nSPS) is 11.1. The number of fused-ring (bicyclic) bond motifs is 1. The molecular formula is C23H15ClN4O2. The molecule has 0 bridgehead atoms. The van der Waals surface area contributed by atoms with Gasteiger partial charge in [-0.15, -0.1) is 0 Å². The van der Waals surface area contributed by atoms with Gasteiger partial charge in [-0.2, -0.15) is 14.8 Å². The third kappa shape index (κ3) is 3.17. The Morgan fingerprint density at radius 1 is 0.933 bits per heavy atom. The van der Waals surface area contributed by atoms with Crippen LogP contribution in [0.15, 0.2) is 82.1 Å². The third-order valence-electron chi connectivity index (χ3n) is 4.76. The highest BCUT2D eigenvalue weighted by molar-refractivity contribution is 6.30. The Labute approximate surface area is 176 Å². The Hall–Kier alpha value is -3.77. The summed E-state index contributed by atoms with van der Waals surface area (Å²) in [5.74, 6) is 0.620. The standard InChI is InChI=1S/C23H15ClN4O2/c1-14-6-4-9-17(12-14)28-23(29)19-11-3-2-10-18(19)20(26-28)22-25-21(27-30-22)15-7-5-8-16(24)13-15/h2-13H,1H3. The summed E-state index contributed by atoms with van der Waals surface area (Å²) >= 11 is 6.08. The Bertz CT molecular complexity index is 1460. The van der Waals surface area contributed by atoms with Crippen LogP contribution in [0, 0.1) is 6.92 Å². The highest BCUT2D eigenvalue weighted by Crippen LogP contribution is 2.27. The van der Waals surface area contributed by atoms with Crippen molar-refractivity contribution in [3.05, 3.63) is 93.7 Å². The molecule has 0 amide bonds. The van der Waals surface area contributed by atoms with Crippen molar-refractivity contribution in [2.24, 2.45) is 0 Å². The van der Waals surface area contributed by atoms with Crippen LogP contribution in [0.5, 0.6) is 0 Å². The average molecular weight is 415 g/mol. The van der Waals surface area contributed by atoms with Crippen molar-refractivity contribution in [1.29, 1.82) is 0 Å². The molecule has 0 aliphatic carbocycles. The third-order valence-corrected chi connectivity index (χ3v) is 5.00. The minimum absolute atomic E-state index is 0.213. The summed E-state index contributed by atoms with van der Waals surface area (Å²) in [7, 11) is 0. The molecule has 5 aromatic rings. The van der Waals surface area contributed by atoms with Crippen LogP contribution in [0.1, 0.15) is 5.56 Å².